The van der Waals surface area contributed by atoms with Crippen LogP contribution in [-0.4, -0.2) is 51.7 Å². The maximum Gasteiger partial charge on any atom is 0.255 e. The largest absolute Gasteiger partial charge is 0.508 e. The summed E-state index contributed by atoms with van der Waals surface area (Å²) in [6.45, 7) is 1.54. The fourth-order valence-corrected chi connectivity index (χ4v) is 2.68. The average molecular weight is 309 g/mol. The number of hydrogen-bond donors (Lipinski definition) is 4. The molecule has 6 nitrogen and oxygen atoms in total. The molecule has 0 atom stereocenters. The fraction of sp³-hybridized carbons (Fsp3) is 0.429. The van der Waals surface area contributed by atoms with Crippen LogP contribution < -0.4 is 11.1 Å². The predicted molar refractivity (Wildman–Crippen MR) is 83.5 cm³/mol. The lowest BCUT2D eigenvalue weighted by Crippen LogP contribution is -2.61. The zero-order chi connectivity index (χ0) is 15.6. The summed E-state index contributed by atoms with van der Waals surface area (Å²) in [5.74, 6) is -0.789. The van der Waals surface area contributed by atoms with E-state index in [1.807, 2.05) is 7.05 Å². The molecule has 0 unspecified atom stereocenters. The highest BCUT2D eigenvalue weighted by molar-refractivity contribution is 7.80. The molecular weight excluding hydrogens is 290 g/mol. The third-order valence-electron chi connectivity index (χ3n) is 3.89. The normalized spacial score (nSPS) is 18.1. The van der Waals surface area contributed by atoms with Gasteiger partial charge in [0.2, 0.25) is 0 Å². The van der Waals surface area contributed by atoms with E-state index in [4.69, 9.17) is 18.0 Å². The second-order valence-corrected chi connectivity index (χ2v) is 5.85. The van der Waals surface area contributed by atoms with Crippen LogP contribution in [0.25, 0.3) is 0 Å². The predicted octanol–water partition coefficient (Wildman–Crippen LogP) is 0.578. The standard InChI is InChI=1S/C14H19N3O3S/c1-17-6-4-14(5-7-17,13(15)21)16-12(20)10-8-9(18)2-3-11(10)19/h2-3,8,18-19H,4-7H2,1H3,(H2,15,21)(H,16,20). The second kappa shape index (κ2) is 5.87. The van der Waals surface area contributed by atoms with E-state index in [0.717, 1.165) is 13.1 Å². The van der Waals surface area contributed by atoms with E-state index in [-0.39, 0.29) is 22.1 Å². The quantitative estimate of drug-likeness (QED) is 0.481. The Morgan fingerprint density at radius 2 is 2.00 bits per heavy atom. The lowest BCUT2D eigenvalue weighted by atomic mass is 9.87. The lowest BCUT2D eigenvalue weighted by Gasteiger charge is -2.40. The van der Waals surface area contributed by atoms with Gasteiger partial charge in [-0.3, -0.25) is 4.79 Å². The second-order valence-electron chi connectivity index (χ2n) is 5.41. The average Bonchev–Trinajstić information content (AvgIpc) is 2.44. The van der Waals surface area contributed by atoms with Crippen molar-refractivity contribution in [3.63, 3.8) is 0 Å². The number of phenolic OH excluding ortho intramolecular Hbond substituents is 2. The smallest absolute Gasteiger partial charge is 0.255 e. The molecule has 0 bridgehead atoms. The van der Waals surface area contributed by atoms with Gasteiger partial charge < -0.3 is 26.2 Å². The minimum absolute atomic E-state index is 0.00422. The van der Waals surface area contributed by atoms with Crippen LogP contribution in [0.2, 0.25) is 0 Å². The molecule has 2 rings (SSSR count). The Kier molecular flexibility index (Phi) is 4.34. The number of nitrogens with one attached hydrogen (secondary N) is 1. The summed E-state index contributed by atoms with van der Waals surface area (Å²) in [5.41, 5.74) is 5.08. The Balaban J connectivity index is 2.23. The van der Waals surface area contributed by atoms with Crippen LogP contribution in [0.5, 0.6) is 11.5 Å². The molecule has 7 heteroatoms. The van der Waals surface area contributed by atoms with Gasteiger partial charge in [0.15, 0.2) is 0 Å². The van der Waals surface area contributed by atoms with Crippen LogP contribution in [-0.2, 0) is 0 Å². The number of aromatic hydroxyl groups is 2. The van der Waals surface area contributed by atoms with E-state index in [0.29, 0.717) is 12.8 Å². The fourth-order valence-electron chi connectivity index (χ4n) is 2.42. The minimum atomic E-state index is -0.753. The molecule has 1 heterocycles. The van der Waals surface area contributed by atoms with Crippen LogP contribution in [0.4, 0.5) is 0 Å². The van der Waals surface area contributed by atoms with E-state index >= 15 is 0 Å². The molecule has 114 valence electrons. The topological polar surface area (TPSA) is 98.8 Å². The van der Waals surface area contributed by atoms with Crippen molar-refractivity contribution in [1.82, 2.24) is 10.2 Å². The van der Waals surface area contributed by atoms with Gasteiger partial charge in [0.25, 0.3) is 5.91 Å². The molecule has 0 aliphatic carbocycles. The Labute approximate surface area is 128 Å². The number of phenols is 2. The van der Waals surface area contributed by atoms with Crippen molar-refractivity contribution in [1.29, 1.82) is 0 Å². The van der Waals surface area contributed by atoms with Crippen LogP contribution >= 0.6 is 12.2 Å². The van der Waals surface area contributed by atoms with Crippen molar-refractivity contribution < 1.29 is 15.0 Å². The number of benzene rings is 1. The Hall–Kier alpha value is -1.86. The van der Waals surface area contributed by atoms with Crippen LogP contribution in [0.3, 0.4) is 0 Å². The molecule has 1 amide bonds. The first-order chi connectivity index (χ1) is 9.84. The molecule has 5 N–H and O–H groups in total. The number of nitrogens with two attached hydrogens (primary N) is 1. The summed E-state index contributed by atoms with van der Waals surface area (Å²) in [7, 11) is 1.99. The van der Waals surface area contributed by atoms with Gasteiger partial charge in [0.1, 0.15) is 11.5 Å². The molecule has 1 aliphatic heterocycles. The van der Waals surface area contributed by atoms with Gasteiger partial charge >= 0.3 is 0 Å². The van der Waals surface area contributed by atoms with Crippen LogP contribution in [0.15, 0.2) is 18.2 Å². The first-order valence-electron chi connectivity index (χ1n) is 6.67. The molecule has 1 aromatic carbocycles. The monoisotopic (exact) mass is 309 g/mol. The molecule has 0 spiro atoms. The first-order valence-corrected chi connectivity index (χ1v) is 7.08. The van der Waals surface area contributed by atoms with Crippen LogP contribution in [0.1, 0.15) is 23.2 Å². The van der Waals surface area contributed by atoms with Gasteiger partial charge in [-0.2, -0.15) is 0 Å². The molecule has 1 aromatic rings. The molecule has 1 fully saturated rings. The number of carbonyl (C=O) groups excluding carboxylic acids is 1. The number of rotatable bonds is 3. The van der Waals surface area contributed by atoms with Gasteiger partial charge in [-0.05, 0) is 38.1 Å². The third kappa shape index (κ3) is 3.25. The van der Waals surface area contributed by atoms with Crippen molar-refractivity contribution in [2.75, 3.05) is 20.1 Å². The van der Waals surface area contributed by atoms with E-state index in [1.165, 1.54) is 18.2 Å². The van der Waals surface area contributed by atoms with Gasteiger partial charge in [-0.15, -0.1) is 0 Å². The van der Waals surface area contributed by atoms with Crippen molar-refractivity contribution >= 4 is 23.1 Å². The molecule has 0 saturated carbocycles. The summed E-state index contributed by atoms with van der Waals surface area (Å²) >= 11 is 5.13. The van der Waals surface area contributed by atoms with Crippen LogP contribution in [0, 0.1) is 0 Å². The van der Waals surface area contributed by atoms with Gasteiger partial charge in [-0.25, -0.2) is 0 Å². The number of thiocarbonyl (C=S) groups is 1. The number of piperidine rings is 1. The minimum Gasteiger partial charge on any atom is -0.508 e. The lowest BCUT2D eigenvalue weighted by molar-refractivity contribution is 0.0887. The Bertz CT molecular complexity index is 569. The number of likely N-dealkylation sites (tertiary alicyclic amines) is 1. The molecule has 0 radical (unpaired) electrons. The summed E-state index contributed by atoms with van der Waals surface area (Å²) < 4.78 is 0. The third-order valence-corrected chi connectivity index (χ3v) is 4.28. The van der Waals surface area contributed by atoms with E-state index in [1.54, 1.807) is 0 Å². The number of nitrogens with zero attached hydrogens (tertiary/aromatic N) is 1. The highest BCUT2D eigenvalue weighted by Gasteiger charge is 2.38. The van der Waals surface area contributed by atoms with E-state index < -0.39 is 11.4 Å². The van der Waals surface area contributed by atoms with E-state index in [9.17, 15) is 15.0 Å². The van der Waals surface area contributed by atoms with Crippen molar-refractivity contribution in [2.45, 2.75) is 18.4 Å². The van der Waals surface area contributed by atoms with Crippen molar-refractivity contribution in [3.05, 3.63) is 23.8 Å². The zero-order valence-electron chi connectivity index (χ0n) is 11.8. The number of amides is 1. The molecule has 0 aromatic heterocycles. The van der Waals surface area contributed by atoms with Crippen molar-refractivity contribution in [3.8, 4) is 11.5 Å². The number of hydrogen-bond acceptors (Lipinski definition) is 5. The summed E-state index contributed by atoms with van der Waals surface area (Å²) in [6, 6.07) is 3.80. The van der Waals surface area contributed by atoms with Crippen molar-refractivity contribution in [2.24, 2.45) is 5.73 Å². The Morgan fingerprint density at radius 3 is 2.57 bits per heavy atom. The van der Waals surface area contributed by atoms with Gasteiger partial charge in [-0.1, -0.05) is 12.2 Å². The highest BCUT2D eigenvalue weighted by atomic mass is 32.1. The maximum absolute atomic E-state index is 12.4. The summed E-state index contributed by atoms with van der Waals surface area (Å²) in [5, 5.41) is 22.0. The summed E-state index contributed by atoms with van der Waals surface area (Å²) in [4.78, 5) is 14.7. The molecule has 1 aliphatic rings. The maximum atomic E-state index is 12.4. The van der Waals surface area contributed by atoms with Gasteiger partial charge in [0.05, 0.1) is 16.1 Å². The molecule has 1 saturated heterocycles. The van der Waals surface area contributed by atoms with Gasteiger partial charge in [0, 0.05) is 13.1 Å². The Morgan fingerprint density at radius 1 is 1.38 bits per heavy atom. The summed E-state index contributed by atoms with van der Waals surface area (Å²) in [6.07, 6.45) is 1.23. The molecule has 21 heavy (non-hydrogen) atoms. The number of carbonyl (C=O) groups is 1. The molecular formula is C14H19N3O3S. The first kappa shape index (κ1) is 15.5. The highest BCUT2D eigenvalue weighted by Crippen LogP contribution is 2.26. The zero-order valence-corrected chi connectivity index (χ0v) is 12.6. The van der Waals surface area contributed by atoms with E-state index in [2.05, 4.69) is 10.2 Å². The SMILES string of the molecule is CN1CCC(NC(=O)c2cc(O)ccc2O)(C(N)=S)CC1.